The Kier molecular flexibility index (Phi) is 4.90. The van der Waals surface area contributed by atoms with Gasteiger partial charge in [-0.25, -0.2) is 9.59 Å². The van der Waals surface area contributed by atoms with E-state index in [4.69, 9.17) is 19.0 Å². The summed E-state index contributed by atoms with van der Waals surface area (Å²) in [5, 5.41) is 19.0. The van der Waals surface area contributed by atoms with E-state index in [1.165, 1.54) is 18.2 Å². The zero-order chi connectivity index (χ0) is 17.0. The Balaban J connectivity index is 2.35. The van der Waals surface area contributed by atoms with Gasteiger partial charge in [-0.2, -0.15) is 0 Å². The van der Waals surface area contributed by atoms with Crippen LogP contribution in [0.1, 0.15) is 13.8 Å². The third kappa shape index (κ3) is 4.03. The predicted octanol–water partition coefficient (Wildman–Crippen LogP) is 2.31. The Morgan fingerprint density at radius 2 is 2.04 bits per heavy atom. The molecule has 0 saturated carbocycles. The molecule has 2 rings (SSSR count). The molecule has 0 bridgehead atoms. The summed E-state index contributed by atoms with van der Waals surface area (Å²) in [6.07, 6.45) is 1.76. The van der Waals surface area contributed by atoms with Crippen LogP contribution in [0.3, 0.4) is 0 Å². The highest BCUT2D eigenvalue weighted by Gasteiger charge is 2.16. The Morgan fingerprint density at radius 3 is 2.70 bits per heavy atom. The molecule has 0 aliphatic carbocycles. The van der Waals surface area contributed by atoms with Crippen molar-refractivity contribution in [2.24, 2.45) is 0 Å². The van der Waals surface area contributed by atoms with Gasteiger partial charge in [0.2, 0.25) is 5.75 Å². The highest BCUT2D eigenvalue weighted by molar-refractivity contribution is 5.86. The van der Waals surface area contributed by atoms with Gasteiger partial charge in [-0.3, -0.25) is 0 Å². The van der Waals surface area contributed by atoms with Gasteiger partial charge in [0, 0.05) is 6.07 Å². The van der Waals surface area contributed by atoms with Crippen LogP contribution in [0.5, 0.6) is 17.2 Å². The number of hydrogen-bond acceptors (Lipinski definition) is 6. The van der Waals surface area contributed by atoms with E-state index in [1.54, 1.807) is 6.08 Å². The summed E-state index contributed by atoms with van der Waals surface area (Å²) >= 11 is 0. The smallest absolute Gasteiger partial charge is 0.383 e. The topological polar surface area (TPSA) is 106 Å². The number of carboxylic acid groups (broad SMARTS) is 1. The molecule has 0 fully saturated rings. The van der Waals surface area contributed by atoms with Gasteiger partial charge in [0.05, 0.1) is 5.39 Å². The van der Waals surface area contributed by atoms with Gasteiger partial charge in [0.15, 0.2) is 12.4 Å². The van der Waals surface area contributed by atoms with E-state index in [-0.39, 0.29) is 34.8 Å². The van der Waals surface area contributed by atoms with Gasteiger partial charge in [-0.15, -0.1) is 0 Å². The predicted molar refractivity (Wildman–Crippen MR) is 82.2 cm³/mol. The molecule has 0 unspecified atom stereocenters. The SMILES string of the molecule is CC(C)=CCOc1c(O)c2ccc(OCC(=O)O)cc2oc1=O. The van der Waals surface area contributed by atoms with Gasteiger partial charge >= 0.3 is 11.6 Å². The molecule has 0 radical (unpaired) electrons. The Hall–Kier alpha value is -2.96. The number of rotatable bonds is 6. The van der Waals surface area contributed by atoms with Crippen LogP contribution in [0.15, 0.2) is 39.1 Å². The maximum absolute atomic E-state index is 11.9. The van der Waals surface area contributed by atoms with E-state index in [9.17, 15) is 14.7 Å². The van der Waals surface area contributed by atoms with E-state index in [0.717, 1.165) is 5.57 Å². The maximum Gasteiger partial charge on any atom is 0.383 e. The van der Waals surface area contributed by atoms with Gasteiger partial charge in [0.1, 0.15) is 17.9 Å². The summed E-state index contributed by atoms with van der Waals surface area (Å²) in [5.41, 5.74) is 0.257. The van der Waals surface area contributed by atoms with Crippen LogP contribution in [-0.2, 0) is 4.79 Å². The van der Waals surface area contributed by atoms with Gasteiger partial charge in [-0.05, 0) is 32.1 Å². The van der Waals surface area contributed by atoms with Crippen LogP contribution >= 0.6 is 0 Å². The Morgan fingerprint density at radius 1 is 1.30 bits per heavy atom. The van der Waals surface area contributed by atoms with Crippen molar-refractivity contribution in [2.75, 3.05) is 13.2 Å². The molecule has 0 saturated heterocycles. The zero-order valence-electron chi connectivity index (χ0n) is 12.7. The molecule has 2 N–H and O–H groups in total. The molecule has 0 spiro atoms. The molecule has 23 heavy (non-hydrogen) atoms. The molecular formula is C16H16O7. The minimum atomic E-state index is -1.13. The lowest BCUT2D eigenvalue weighted by atomic mass is 10.2. The number of hydrogen-bond donors (Lipinski definition) is 2. The van der Waals surface area contributed by atoms with Crippen LogP contribution in [0, 0.1) is 0 Å². The Labute approximate surface area is 131 Å². The molecule has 0 aliphatic heterocycles. The van der Waals surface area contributed by atoms with E-state index >= 15 is 0 Å². The standard InChI is InChI=1S/C16H16O7/c1-9(2)5-6-21-15-14(19)11-4-3-10(22-8-13(17)18)7-12(11)23-16(15)20/h3-5,7,19H,6,8H2,1-2H3,(H,17,18). The maximum atomic E-state index is 11.9. The lowest BCUT2D eigenvalue weighted by Gasteiger charge is -2.08. The number of allylic oxidation sites excluding steroid dienone is 1. The van der Waals surface area contributed by atoms with Crippen LogP contribution in [0.2, 0.25) is 0 Å². The molecule has 122 valence electrons. The minimum Gasteiger partial charge on any atom is -0.504 e. The first-order valence-electron chi connectivity index (χ1n) is 6.79. The van der Waals surface area contributed by atoms with E-state index < -0.39 is 18.2 Å². The fourth-order valence-corrected chi connectivity index (χ4v) is 1.80. The van der Waals surface area contributed by atoms with Crippen molar-refractivity contribution >= 4 is 16.9 Å². The quantitative estimate of drug-likeness (QED) is 0.621. The first kappa shape index (κ1) is 16.4. The summed E-state index contributed by atoms with van der Waals surface area (Å²) in [6.45, 7) is 3.37. The molecule has 7 nitrogen and oxygen atoms in total. The number of ether oxygens (including phenoxy) is 2. The fourth-order valence-electron chi connectivity index (χ4n) is 1.80. The van der Waals surface area contributed by atoms with Crippen molar-refractivity contribution in [3.8, 4) is 17.2 Å². The van der Waals surface area contributed by atoms with Crippen LogP contribution in [0.25, 0.3) is 11.0 Å². The first-order chi connectivity index (χ1) is 10.9. The number of carboxylic acids is 1. The fraction of sp³-hybridized carbons (Fsp3) is 0.250. The monoisotopic (exact) mass is 320 g/mol. The van der Waals surface area contributed by atoms with E-state index in [1.807, 2.05) is 13.8 Å². The van der Waals surface area contributed by atoms with Crippen LogP contribution in [0.4, 0.5) is 0 Å². The number of carbonyl (C=O) groups is 1. The highest BCUT2D eigenvalue weighted by atomic mass is 16.5. The van der Waals surface area contributed by atoms with Crippen molar-refractivity contribution in [1.82, 2.24) is 0 Å². The summed E-state index contributed by atoms with van der Waals surface area (Å²) in [4.78, 5) is 22.4. The van der Waals surface area contributed by atoms with Gasteiger partial charge in [0.25, 0.3) is 0 Å². The second-order valence-corrected chi connectivity index (χ2v) is 5.00. The lowest BCUT2D eigenvalue weighted by Crippen LogP contribution is -2.10. The number of fused-ring (bicyclic) bond motifs is 1. The molecular weight excluding hydrogens is 304 g/mol. The molecule has 1 aromatic carbocycles. The molecule has 7 heteroatoms. The second kappa shape index (κ2) is 6.87. The summed E-state index contributed by atoms with van der Waals surface area (Å²) < 4.78 is 15.3. The van der Waals surface area contributed by atoms with Crippen molar-refractivity contribution in [1.29, 1.82) is 0 Å². The third-order valence-electron chi connectivity index (χ3n) is 2.89. The third-order valence-corrected chi connectivity index (χ3v) is 2.89. The van der Waals surface area contributed by atoms with Crippen molar-refractivity contribution in [3.63, 3.8) is 0 Å². The van der Waals surface area contributed by atoms with Crippen molar-refractivity contribution in [2.45, 2.75) is 13.8 Å². The average molecular weight is 320 g/mol. The van der Waals surface area contributed by atoms with Crippen LogP contribution in [-0.4, -0.2) is 29.4 Å². The van der Waals surface area contributed by atoms with Crippen molar-refractivity contribution < 1.29 is 28.9 Å². The minimum absolute atomic E-state index is 0.0740. The van der Waals surface area contributed by atoms with E-state index in [2.05, 4.69) is 0 Å². The summed E-state index contributed by atoms with van der Waals surface area (Å²) in [6, 6.07) is 4.25. The zero-order valence-corrected chi connectivity index (χ0v) is 12.7. The average Bonchev–Trinajstić information content (AvgIpc) is 2.47. The molecule has 1 aromatic heterocycles. The van der Waals surface area contributed by atoms with Gasteiger partial charge < -0.3 is 24.1 Å². The lowest BCUT2D eigenvalue weighted by molar-refractivity contribution is -0.139. The number of aliphatic carboxylic acids is 1. The number of aromatic hydroxyl groups is 1. The van der Waals surface area contributed by atoms with Crippen molar-refractivity contribution in [3.05, 3.63) is 40.3 Å². The van der Waals surface area contributed by atoms with E-state index in [0.29, 0.717) is 0 Å². The number of benzene rings is 1. The molecule has 2 aromatic rings. The normalized spacial score (nSPS) is 10.3. The highest BCUT2D eigenvalue weighted by Crippen LogP contribution is 2.33. The molecule has 0 amide bonds. The summed E-state index contributed by atoms with van der Waals surface area (Å²) in [5.74, 6) is -1.52. The molecule has 0 atom stereocenters. The Bertz CT molecular complexity index is 813. The van der Waals surface area contributed by atoms with Crippen LogP contribution < -0.4 is 15.1 Å². The second-order valence-electron chi connectivity index (χ2n) is 5.00. The largest absolute Gasteiger partial charge is 0.504 e. The molecule has 0 aliphatic rings. The molecule has 1 heterocycles. The first-order valence-corrected chi connectivity index (χ1v) is 6.79. The van der Waals surface area contributed by atoms with Gasteiger partial charge in [-0.1, -0.05) is 5.57 Å². The summed E-state index contributed by atoms with van der Waals surface area (Å²) in [7, 11) is 0.